The number of aryl methyl sites for hydroxylation is 1. The van der Waals surface area contributed by atoms with Gasteiger partial charge < -0.3 is 0 Å². The van der Waals surface area contributed by atoms with E-state index in [-0.39, 0.29) is 5.56 Å². The van der Waals surface area contributed by atoms with Crippen molar-refractivity contribution < 1.29 is 0 Å². The molecule has 0 radical (unpaired) electrons. The second kappa shape index (κ2) is 7.99. The van der Waals surface area contributed by atoms with Crippen LogP contribution < -0.4 is 5.56 Å². The zero-order valence-corrected chi connectivity index (χ0v) is 18.8. The highest BCUT2D eigenvalue weighted by molar-refractivity contribution is 9.10. The average molecular weight is 494 g/mol. The second-order valence-electron chi connectivity index (χ2n) is 6.37. The fourth-order valence-electron chi connectivity index (χ4n) is 3.19. The van der Waals surface area contributed by atoms with Crippen molar-refractivity contribution in [1.29, 1.82) is 0 Å². The summed E-state index contributed by atoms with van der Waals surface area (Å²) >= 11 is 17.2. The maximum absolute atomic E-state index is 13.3. The summed E-state index contributed by atoms with van der Waals surface area (Å²) in [6.07, 6.45) is 2.45. The van der Waals surface area contributed by atoms with Crippen LogP contribution in [-0.2, 0) is 13.0 Å². The van der Waals surface area contributed by atoms with Crippen molar-refractivity contribution in [3.8, 4) is 11.1 Å². The SMILES string of the molecule is CCc1sc2ncn(Cc3ccc(Cl)c(Cl)c3)c(=O)c2c1-c1ccc(Br)cc1. The molecule has 0 saturated carbocycles. The van der Waals surface area contributed by atoms with Gasteiger partial charge in [0.15, 0.2) is 0 Å². The Morgan fingerprint density at radius 3 is 2.54 bits per heavy atom. The first-order chi connectivity index (χ1) is 13.5. The van der Waals surface area contributed by atoms with E-state index in [1.54, 1.807) is 34.4 Å². The molecule has 0 aliphatic heterocycles. The molecule has 142 valence electrons. The van der Waals surface area contributed by atoms with Gasteiger partial charge in [0.05, 0.1) is 28.3 Å². The number of rotatable bonds is 4. The summed E-state index contributed by atoms with van der Waals surface area (Å²) < 4.78 is 2.63. The molecule has 0 fully saturated rings. The van der Waals surface area contributed by atoms with E-state index in [1.165, 1.54) is 0 Å². The van der Waals surface area contributed by atoms with Crippen molar-refractivity contribution in [2.24, 2.45) is 0 Å². The van der Waals surface area contributed by atoms with Gasteiger partial charge in [-0.1, -0.05) is 64.3 Å². The smallest absolute Gasteiger partial charge is 0.263 e. The Bertz CT molecular complexity index is 1230. The highest BCUT2D eigenvalue weighted by Gasteiger charge is 2.18. The van der Waals surface area contributed by atoms with Gasteiger partial charge in [0, 0.05) is 14.9 Å². The van der Waals surface area contributed by atoms with Crippen LogP contribution in [0.1, 0.15) is 17.4 Å². The Balaban J connectivity index is 1.88. The lowest BCUT2D eigenvalue weighted by Crippen LogP contribution is -2.21. The number of nitrogens with zero attached hydrogens (tertiary/aromatic N) is 2. The van der Waals surface area contributed by atoms with Gasteiger partial charge >= 0.3 is 0 Å². The van der Waals surface area contributed by atoms with Crippen molar-refractivity contribution in [2.75, 3.05) is 0 Å². The van der Waals surface area contributed by atoms with Gasteiger partial charge in [-0.05, 0) is 41.8 Å². The van der Waals surface area contributed by atoms with Gasteiger partial charge in [0.2, 0.25) is 0 Å². The predicted molar refractivity (Wildman–Crippen MR) is 122 cm³/mol. The zero-order valence-electron chi connectivity index (χ0n) is 14.9. The van der Waals surface area contributed by atoms with Crippen LogP contribution in [0.2, 0.25) is 10.0 Å². The third-order valence-corrected chi connectivity index (χ3v) is 7.05. The van der Waals surface area contributed by atoms with Crippen molar-refractivity contribution in [3.05, 3.63) is 84.1 Å². The monoisotopic (exact) mass is 492 g/mol. The second-order valence-corrected chi connectivity index (χ2v) is 9.18. The topological polar surface area (TPSA) is 34.9 Å². The Hall–Kier alpha value is -1.66. The Morgan fingerprint density at radius 1 is 1.11 bits per heavy atom. The lowest BCUT2D eigenvalue weighted by molar-refractivity contribution is 0.749. The number of fused-ring (bicyclic) bond motifs is 1. The number of halogens is 3. The lowest BCUT2D eigenvalue weighted by Gasteiger charge is -2.08. The summed E-state index contributed by atoms with van der Waals surface area (Å²) in [6, 6.07) is 13.4. The van der Waals surface area contributed by atoms with Gasteiger partial charge in [-0.25, -0.2) is 4.98 Å². The summed E-state index contributed by atoms with van der Waals surface area (Å²) in [5.41, 5.74) is 2.85. The number of aromatic nitrogens is 2. The minimum absolute atomic E-state index is 0.0510. The molecule has 0 amide bonds. The molecule has 7 heteroatoms. The van der Waals surface area contributed by atoms with Crippen LogP contribution in [0.25, 0.3) is 21.3 Å². The normalized spacial score (nSPS) is 11.3. The van der Waals surface area contributed by atoms with Crippen LogP contribution in [0.5, 0.6) is 0 Å². The molecule has 0 bridgehead atoms. The van der Waals surface area contributed by atoms with Crippen molar-refractivity contribution in [3.63, 3.8) is 0 Å². The predicted octanol–water partition coefficient (Wildman–Crippen LogP) is 6.81. The molecule has 2 aromatic heterocycles. The molecule has 2 heterocycles. The Labute approximate surface area is 184 Å². The molecule has 0 N–H and O–H groups in total. The first-order valence-electron chi connectivity index (χ1n) is 8.68. The number of hydrogen-bond acceptors (Lipinski definition) is 3. The number of benzene rings is 2. The molecule has 0 aliphatic rings. The zero-order chi connectivity index (χ0) is 19.8. The minimum atomic E-state index is -0.0510. The van der Waals surface area contributed by atoms with E-state index < -0.39 is 0 Å². The number of hydrogen-bond donors (Lipinski definition) is 0. The minimum Gasteiger partial charge on any atom is -0.294 e. The maximum atomic E-state index is 13.3. The van der Waals surface area contributed by atoms with Crippen LogP contribution in [0.15, 0.2) is 58.1 Å². The molecular weight excluding hydrogens is 479 g/mol. The largest absolute Gasteiger partial charge is 0.294 e. The lowest BCUT2D eigenvalue weighted by atomic mass is 10.0. The van der Waals surface area contributed by atoms with Crippen molar-refractivity contribution in [2.45, 2.75) is 19.9 Å². The maximum Gasteiger partial charge on any atom is 0.263 e. The molecule has 0 atom stereocenters. The molecule has 0 spiro atoms. The van der Waals surface area contributed by atoms with E-state index >= 15 is 0 Å². The summed E-state index contributed by atoms with van der Waals surface area (Å²) in [6.45, 7) is 2.48. The van der Waals surface area contributed by atoms with E-state index in [9.17, 15) is 4.79 Å². The third kappa shape index (κ3) is 3.64. The quantitative estimate of drug-likeness (QED) is 0.313. The van der Waals surface area contributed by atoms with Gasteiger partial charge in [0.1, 0.15) is 4.83 Å². The first kappa shape index (κ1) is 19.6. The highest BCUT2D eigenvalue weighted by Crippen LogP contribution is 2.37. The third-order valence-electron chi connectivity index (χ3n) is 4.54. The average Bonchev–Trinajstić information content (AvgIpc) is 3.07. The van der Waals surface area contributed by atoms with Crippen LogP contribution in [-0.4, -0.2) is 9.55 Å². The Morgan fingerprint density at radius 2 is 1.86 bits per heavy atom. The fraction of sp³-hybridized carbons (Fsp3) is 0.143. The van der Waals surface area contributed by atoms with Gasteiger partial charge in [-0.3, -0.25) is 9.36 Å². The van der Waals surface area contributed by atoms with Crippen LogP contribution in [0.3, 0.4) is 0 Å². The van der Waals surface area contributed by atoms with Gasteiger partial charge in [-0.15, -0.1) is 11.3 Å². The summed E-state index contributed by atoms with van der Waals surface area (Å²) in [4.78, 5) is 19.8. The van der Waals surface area contributed by atoms with Gasteiger partial charge in [0.25, 0.3) is 5.56 Å². The van der Waals surface area contributed by atoms with Crippen molar-refractivity contribution >= 4 is 60.7 Å². The van der Waals surface area contributed by atoms with E-state index in [1.807, 2.05) is 30.3 Å². The molecule has 0 aliphatic carbocycles. The van der Waals surface area contributed by atoms with Crippen LogP contribution >= 0.6 is 50.5 Å². The van der Waals surface area contributed by atoms with E-state index in [0.717, 1.165) is 37.3 Å². The molecule has 4 aromatic rings. The van der Waals surface area contributed by atoms with Gasteiger partial charge in [-0.2, -0.15) is 0 Å². The molecule has 28 heavy (non-hydrogen) atoms. The molecule has 2 aromatic carbocycles. The summed E-state index contributed by atoms with van der Waals surface area (Å²) in [5, 5.41) is 1.64. The molecule has 3 nitrogen and oxygen atoms in total. The summed E-state index contributed by atoms with van der Waals surface area (Å²) in [7, 11) is 0. The fourth-order valence-corrected chi connectivity index (χ4v) is 4.87. The number of thiophene rings is 1. The van der Waals surface area contributed by atoms with Crippen molar-refractivity contribution in [1.82, 2.24) is 9.55 Å². The molecular formula is C21H15BrCl2N2OS. The van der Waals surface area contributed by atoms with E-state index in [2.05, 4.69) is 27.8 Å². The first-order valence-corrected chi connectivity index (χ1v) is 11.0. The van der Waals surface area contributed by atoms with Crippen LogP contribution in [0, 0.1) is 0 Å². The van der Waals surface area contributed by atoms with Crippen LogP contribution in [0.4, 0.5) is 0 Å². The van der Waals surface area contributed by atoms with E-state index in [0.29, 0.717) is 22.0 Å². The van der Waals surface area contributed by atoms with E-state index in [4.69, 9.17) is 23.2 Å². The molecule has 0 saturated heterocycles. The summed E-state index contributed by atoms with van der Waals surface area (Å²) in [5.74, 6) is 0. The Kier molecular flexibility index (Phi) is 5.61. The highest BCUT2D eigenvalue weighted by atomic mass is 79.9. The standard InChI is InChI=1S/C21H15BrCl2N2OS/c1-2-17-18(13-4-6-14(22)7-5-13)19-20(28-17)25-11-26(21(19)27)10-12-3-8-15(23)16(24)9-12/h3-9,11H,2,10H2,1H3. The molecule has 4 rings (SSSR count). The molecule has 0 unspecified atom stereocenters.